The highest BCUT2D eigenvalue weighted by molar-refractivity contribution is 6.02. The standard InChI is InChI=1S/C26H24F4N6O3.C20H14F4N4O3.2CH4/c1-34(2)14-31-25(37)36(24-19(28)6-5-7-20(24)29)22-11-8-16(13-39-26(38)32-15-35(3)4)23(33-22)18-10-9-17(27)12-21(18)30;21-11-5-6-12(15(24)8-11)17-10(9-31-20(26)30)4-7-16(27-17)28(19(25)29)18-13(22)2-1-3-14(18)23;;/h5-12,14-15H,13H2,1-4H3;1-8H,9H2,(H2,25,29)(H2,26,30);2*1H4. The topological polar surface area (TPSA) is 202 Å². The summed E-state index contributed by atoms with van der Waals surface area (Å²) in [6.07, 6.45) is 0.255. The van der Waals surface area contributed by atoms with Gasteiger partial charge in [-0.2, -0.15) is 9.98 Å². The molecule has 24 heteroatoms. The summed E-state index contributed by atoms with van der Waals surface area (Å²) >= 11 is 0. The number of urea groups is 2. The molecular formula is C48H46F8N10O6. The van der Waals surface area contributed by atoms with Crippen molar-refractivity contribution < 1.29 is 63.8 Å². The smallest absolute Gasteiger partial charge is 0.435 e. The Morgan fingerprint density at radius 3 is 1.35 bits per heavy atom. The molecular weight excluding hydrogens is 965 g/mol. The second-order valence-electron chi connectivity index (χ2n) is 14.6. The van der Waals surface area contributed by atoms with E-state index in [0.29, 0.717) is 21.9 Å². The van der Waals surface area contributed by atoms with E-state index in [2.05, 4.69) is 20.0 Å². The SMILES string of the molecule is C.C.CN(C)C=NC(=O)OCc1ccc(N(C(=O)N=CN(C)C)c2c(F)cccc2F)nc1-c1ccc(F)cc1F.NC(=O)OCc1ccc(N(C(N)=O)c2c(F)cccc2F)nc1-c1ccc(F)cc1F. The lowest BCUT2D eigenvalue weighted by molar-refractivity contribution is 0.149. The van der Waals surface area contributed by atoms with Crippen molar-refractivity contribution in [3.05, 3.63) is 155 Å². The van der Waals surface area contributed by atoms with E-state index in [9.17, 15) is 54.3 Å². The van der Waals surface area contributed by atoms with Crippen molar-refractivity contribution in [3.63, 3.8) is 0 Å². The number of hydrogen-bond donors (Lipinski definition) is 2. The molecule has 6 rings (SSSR count). The van der Waals surface area contributed by atoms with Crippen LogP contribution in [0, 0.1) is 46.5 Å². The summed E-state index contributed by atoms with van der Waals surface area (Å²) in [7, 11) is 6.44. The molecule has 2 heterocycles. The van der Waals surface area contributed by atoms with Crippen LogP contribution in [-0.2, 0) is 22.7 Å². The second-order valence-corrected chi connectivity index (χ2v) is 14.6. The number of benzene rings is 4. The van der Waals surface area contributed by atoms with Gasteiger partial charge in [0, 0.05) is 62.6 Å². The van der Waals surface area contributed by atoms with Crippen LogP contribution in [0.5, 0.6) is 0 Å². The molecule has 0 unspecified atom stereocenters. The van der Waals surface area contributed by atoms with E-state index in [-0.39, 0.29) is 60.1 Å². The minimum absolute atomic E-state index is 0. The zero-order chi connectivity index (χ0) is 51.4. The molecule has 0 bridgehead atoms. The summed E-state index contributed by atoms with van der Waals surface area (Å²) in [5.74, 6) is -8.83. The Bertz CT molecular complexity index is 2960. The monoisotopic (exact) mass is 1010 g/mol. The third kappa shape index (κ3) is 14.5. The third-order valence-electron chi connectivity index (χ3n) is 9.01. The second kappa shape index (κ2) is 25.6. The van der Waals surface area contributed by atoms with E-state index < -0.39 is 95.4 Å². The first-order chi connectivity index (χ1) is 33.2. The van der Waals surface area contributed by atoms with Gasteiger partial charge in [0.05, 0.1) is 24.1 Å². The van der Waals surface area contributed by atoms with Crippen LogP contribution in [0.2, 0.25) is 0 Å². The quantitative estimate of drug-likeness (QED) is 0.0675. The maximum atomic E-state index is 14.8. The van der Waals surface area contributed by atoms with Crippen LogP contribution in [0.25, 0.3) is 22.5 Å². The largest absolute Gasteiger partial charge is 0.445 e. The fourth-order valence-electron chi connectivity index (χ4n) is 6.03. The fourth-order valence-corrected chi connectivity index (χ4v) is 6.03. The molecule has 0 atom stereocenters. The Morgan fingerprint density at radius 2 is 0.944 bits per heavy atom. The van der Waals surface area contributed by atoms with E-state index >= 15 is 0 Å². The number of carbonyl (C=O) groups excluding carboxylic acids is 4. The molecule has 0 spiro atoms. The van der Waals surface area contributed by atoms with Gasteiger partial charge in [-0.1, -0.05) is 27.0 Å². The first kappa shape index (κ1) is 57.4. The fraction of sp³-hybridized carbons (Fsp3) is 0.167. The number of amides is 6. The number of pyridine rings is 2. The van der Waals surface area contributed by atoms with Gasteiger partial charge in [0.25, 0.3) is 0 Å². The molecule has 0 aliphatic heterocycles. The molecule has 4 N–H and O–H groups in total. The van der Waals surface area contributed by atoms with E-state index in [0.717, 1.165) is 73.1 Å². The van der Waals surface area contributed by atoms with Crippen molar-refractivity contribution in [2.24, 2.45) is 21.5 Å². The Labute approximate surface area is 407 Å². The first-order valence-electron chi connectivity index (χ1n) is 19.9. The van der Waals surface area contributed by atoms with Crippen LogP contribution in [0.15, 0.2) is 107 Å². The van der Waals surface area contributed by atoms with Gasteiger partial charge in [-0.15, -0.1) is 0 Å². The molecule has 0 saturated carbocycles. The Balaban J connectivity index is 0.000000379. The van der Waals surface area contributed by atoms with Gasteiger partial charge in [0.1, 0.15) is 82.8 Å². The van der Waals surface area contributed by atoms with E-state index in [1.807, 2.05) is 0 Å². The number of para-hydroxylation sites is 2. The van der Waals surface area contributed by atoms with Crippen LogP contribution in [0.1, 0.15) is 26.0 Å². The Kier molecular flexibility index (Phi) is 20.4. The van der Waals surface area contributed by atoms with Gasteiger partial charge in [0.2, 0.25) is 0 Å². The number of halogens is 8. The van der Waals surface area contributed by atoms with Gasteiger partial charge >= 0.3 is 24.2 Å². The minimum Gasteiger partial charge on any atom is -0.445 e. The van der Waals surface area contributed by atoms with Crippen molar-refractivity contribution >= 4 is 59.9 Å². The first-order valence-corrected chi connectivity index (χ1v) is 19.9. The molecule has 16 nitrogen and oxygen atoms in total. The van der Waals surface area contributed by atoms with Crippen molar-refractivity contribution in [2.45, 2.75) is 28.1 Å². The number of ether oxygens (including phenoxy) is 2. The highest BCUT2D eigenvalue weighted by Gasteiger charge is 2.28. The van der Waals surface area contributed by atoms with Gasteiger partial charge in [-0.25, -0.2) is 74.1 Å². The number of carbonyl (C=O) groups is 4. The molecule has 72 heavy (non-hydrogen) atoms. The predicted molar refractivity (Wildman–Crippen MR) is 254 cm³/mol. The van der Waals surface area contributed by atoms with Crippen LogP contribution < -0.4 is 21.3 Å². The molecule has 2 aromatic heterocycles. The molecule has 6 aromatic rings. The number of nitrogens with two attached hydrogens (primary N) is 2. The van der Waals surface area contributed by atoms with Gasteiger partial charge in [-0.05, 0) is 72.8 Å². The maximum absolute atomic E-state index is 14.8. The average molecular weight is 1010 g/mol. The van der Waals surface area contributed by atoms with Crippen LogP contribution >= 0.6 is 0 Å². The van der Waals surface area contributed by atoms with E-state index in [4.69, 9.17) is 20.9 Å². The Morgan fingerprint density at radius 1 is 0.542 bits per heavy atom. The zero-order valence-electron chi connectivity index (χ0n) is 37.0. The summed E-state index contributed by atoms with van der Waals surface area (Å²) in [5.41, 5.74) is 8.12. The lowest BCUT2D eigenvalue weighted by Gasteiger charge is -2.22. The van der Waals surface area contributed by atoms with Crippen LogP contribution in [0.4, 0.5) is 77.3 Å². The number of rotatable bonds is 12. The van der Waals surface area contributed by atoms with Crippen molar-refractivity contribution in [1.82, 2.24) is 19.8 Å². The summed E-state index contributed by atoms with van der Waals surface area (Å²) in [6.45, 7) is -0.886. The van der Waals surface area contributed by atoms with Crippen molar-refractivity contribution in [2.75, 3.05) is 38.0 Å². The van der Waals surface area contributed by atoms with Gasteiger partial charge in [-0.3, -0.25) is 0 Å². The van der Waals surface area contributed by atoms with Crippen molar-refractivity contribution in [3.8, 4) is 22.5 Å². The lowest BCUT2D eigenvalue weighted by atomic mass is 10.1. The average Bonchev–Trinajstić information content (AvgIpc) is 3.29. The third-order valence-corrected chi connectivity index (χ3v) is 9.01. The molecule has 0 saturated heterocycles. The van der Waals surface area contributed by atoms with Gasteiger partial charge < -0.3 is 30.7 Å². The molecule has 0 fully saturated rings. The number of anilines is 4. The minimum atomic E-state index is -1.27. The molecule has 6 amide bonds. The number of nitrogens with zero attached hydrogens (tertiary/aromatic N) is 8. The number of hydrogen-bond acceptors (Lipinski definition) is 8. The lowest BCUT2D eigenvalue weighted by Crippen LogP contribution is -2.33. The summed E-state index contributed by atoms with van der Waals surface area (Å²) < 4.78 is 124. The highest BCUT2D eigenvalue weighted by atomic mass is 19.2. The normalized spacial score (nSPS) is 10.6. The molecule has 0 aliphatic carbocycles. The zero-order valence-corrected chi connectivity index (χ0v) is 37.0. The summed E-state index contributed by atoms with van der Waals surface area (Å²) in [6, 6.07) is 13.7. The number of primary amides is 2. The highest BCUT2D eigenvalue weighted by Crippen LogP contribution is 2.36. The van der Waals surface area contributed by atoms with Crippen LogP contribution in [-0.4, -0.2) is 84.9 Å². The molecule has 380 valence electrons. The van der Waals surface area contributed by atoms with Crippen LogP contribution in [0.3, 0.4) is 0 Å². The predicted octanol–water partition coefficient (Wildman–Crippen LogP) is 10.8. The Hall–Kier alpha value is -8.96. The van der Waals surface area contributed by atoms with E-state index in [1.54, 1.807) is 28.2 Å². The van der Waals surface area contributed by atoms with Crippen molar-refractivity contribution in [1.29, 1.82) is 0 Å². The summed E-state index contributed by atoms with van der Waals surface area (Å²) in [5, 5.41) is 0. The number of aliphatic imine (C=N–C) groups is 2. The van der Waals surface area contributed by atoms with E-state index in [1.165, 1.54) is 34.3 Å². The number of aromatic nitrogens is 2. The molecule has 0 aliphatic rings. The maximum Gasteiger partial charge on any atom is 0.435 e. The summed E-state index contributed by atoms with van der Waals surface area (Å²) in [4.78, 5) is 67.6. The van der Waals surface area contributed by atoms with Gasteiger partial charge in [0.15, 0.2) is 0 Å². The molecule has 4 aromatic carbocycles. The molecule has 0 radical (unpaired) electrons.